The zero-order chi connectivity index (χ0) is 10.5. The molecule has 0 radical (unpaired) electrons. The monoisotopic (exact) mass is 204 g/mol. The molecule has 1 atom stereocenters. The third-order valence-electron chi connectivity index (χ3n) is 1.78. The predicted octanol–water partition coefficient (Wildman–Crippen LogP) is 0.698. The van der Waals surface area contributed by atoms with Crippen molar-refractivity contribution >= 4 is 30.7 Å². The topological polar surface area (TPSA) is 71.4 Å². The number of rotatable bonds is 6. The molecule has 0 amide bonds. The van der Waals surface area contributed by atoms with E-state index in [2.05, 4.69) is 12.6 Å². The quantitative estimate of drug-likeness (QED) is 0.379. The highest BCUT2D eigenvalue weighted by atomic mass is 32.1. The standard InChI is InChI=1S/C8H12O4S/c1-2-8(13,7(11)12)5-6(10)3-4-9/h4,13H,2-3,5H2,1H3,(H,11,12). The van der Waals surface area contributed by atoms with E-state index in [9.17, 15) is 14.4 Å². The van der Waals surface area contributed by atoms with E-state index in [0.29, 0.717) is 6.29 Å². The van der Waals surface area contributed by atoms with Crippen LogP contribution in [0.2, 0.25) is 0 Å². The Bertz CT molecular complexity index is 226. The van der Waals surface area contributed by atoms with Gasteiger partial charge in [0, 0.05) is 6.42 Å². The minimum absolute atomic E-state index is 0.208. The lowest BCUT2D eigenvalue weighted by Crippen LogP contribution is -2.34. The Kier molecular flexibility index (Phi) is 4.69. The molecule has 5 heteroatoms. The molecule has 1 unspecified atom stereocenters. The predicted molar refractivity (Wildman–Crippen MR) is 49.9 cm³/mol. The van der Waals surface area contributed by atoms with Crippen LogP contribution in [-0.2, 0) is 14.4 Å². The van der Waals surface area contributed by atoms with Crippen LogP contribution in [0.4, 0.5) is 0 Å². The summed E-state index contributed by atoms with van der Waals surface area (Å²) in [5.74, 6) is -1.52. The van der Waals surface area contributed by atoms with Crippen LogP contribution in [0.5, 0.6) is 0 Å². The van der Waals surface area contributed by atoms with Gasteiger partial charge in [-0.05, 0) is 6.42 Å². The fourth-order valence-corrected chi connectivity index (χ4v) is 1.02. The second-order valence-electron chi connectivity index (χ2n) is 2.78. The molecule has 0 saturated carbocycles. The molecule has 0 aromatic carbocycles. The lowest BCUT2D eigenvalue weighted by Gasteiger charge is -2.20. The molecule has 0 aliphatic rings. The maximum atomic E-state index is 11.0. The summed E-state index contributed by atoms with van der Waals surface area (Å²) in [7, 11) is 0. The van der Waals surface area contributed by atoms with Crippen LogP contribution in [0.15, 0.2) is 0 Å². The van der Waals surface area contributed by atoms with E-state index in [1.165, 1.54) is 0 Å². The van der Waals surface area contributed by atoms with Crippen LogP contribution in [-0.4, -0.2) is 27.9 Å². The third kappa shape index (κ3) is 3.59. The number of Topliss-reactive ketones (excluding diaryl/α,β-unsaturated/α-hetero) is 1. The van der Waals surface area contributed by atoms with Gasteiger partial charge >= 0.3 is 5.97 Å². The molecule has 0 aliphatic carbocycles. The fourth-order valence-electron chi connectivity index (χ4n) is 0.843. The number of aliphatic carboxylic acids is 1. The molecule has 0 fully saturated rings. The number of aldehydes is 1. The van der Waals surface area contributed by atoms with Gasteiger partial charge in [-0.3, -0.25) is 9.59 Å². The van der Waals surface area contributed by atoms with Crippen LogP contribution < -0.4 is 0 Å². The van der Waals surface area contributed by atoms with Crippen molar-refractivity contribution < 1.29 is 19.5 Å². The lowest BCUT2D eigenvalue weighted by atomic mass is 9.97. The molecule has 1 N–H and O–H groups in total. The lowest BCUT2D eigenvalue weighted by molar-refractivity contribution is -0.142. The Labute approximate surface area is 81.7 Å². The van der Waals surface area contributed by atoms with Gasteiger partial charge in [0.2, 0.25) is 0 Å². The molecule has 0 heterocycles. The molecule has 0 bridgehead atoms. The Hall–Kier alpha value is -0.840. The van der Waals surface area contributed by atoms with Gasteiger partial charge in [-0.1, -0.05) is 6.92 Å². The summed E-state index contributed by atoms with van der Waals surface area (Å²) in [6, 6.07) is 0. The van der Waals surface area contributed by atoms with Crippen molar-refractivity contribution in [3.8, 4) is 0 Å². The van der Waals surface area contributed by atoms with Gasteiger partial charge in [0.1, 0.15) is 16.8 Å². The van der Waals surface area contributed by atoms with Crippen molar-refractivity contribution in [1.29, 1.82) is 0 Å². The van der Waals surface area contributed by atoms with Gasteiger partial charge in [-0.2, -0.15) is 12.6 Å². The fraction of sp³-hybridized carbons (Fsp3) is 0.625. The van der Waals surface area contributed by atoms with E-state index in [4.69, 9.17) is 5.11 Å². The second kappa shape index (κ2) is 5.01. The van der Waals surface area contributed by atoms with Crippen LogP contribution in [0.25, 0.3) is 0 Å². The summed E-state index contributed by atoms with van der Waals surface area (Å²) in [4.78, 5) is 31.6. The van der Waals surface area contributed by atoms with E-state index < -0.39 is 16.5 Å². The zero-order valence-electron chi connectivity index (χ0n) is 7.32. The first kappa shape index (κ1) is 12.2. The van der Waals surface area contributed by atoms with Crippen LogP contribution in [0.3, 0.4) is 0 Å². The summed E-state index contributed by atoms with van der Waals surface area (Å²) in [6.45, 7) is 1.63. The first-order chi connectivity index (χ1) is 5.96. The SMILES string of the molecule is CCC(S)(CC(=O)CC=O)C(=O)O. The number of carbonyl (C=O) groups excluding carboxylic acids is 2. The molecule has 0 aromatic heterocycles. The van der Waals surface area contributed by atoms with E-state index in [0.717, 1.165) is 0 Å². The van der Waals surface area contributed by atoms with Gasteiger partial charge in [-0.15, -0.1) is 0 Å². The van der Waals surface area contributed by atoms with E-state index in [1.54, 1.807) is 6.92 Å². The van der Waals surface area contributed by atoms with Crippen LogP contribution >= 0.6 is 12.6 Å². The molecular formula is C8H12O4S. The molecule has 4 nitrogen and oxygen atoms in total. The summed E-state index contributed by atoms with van der Waals surface area (Å²) in [6.07, 6.45) is 0.264. The average Bonchev–Trinajstić information content (AvgIpc) is 2.04. The van der Waals surface area contributed by atoms with Gasteiger partial charge < -0.3 is 9.90 Å². The molecular weight excluding hydrogens is 192 g/mol. The van der Waals surface area contributed by atoms with Crippen molar-refractivity contribution in [3.05, 3.63) is 0 Å². The Morgan fingerprint density at radius 1 is 1.54 bits per heavy atom. The zero-order valence-corrected chi connectivity index (χ0v) is 8.21. The second-order valence-corrected chi connectivity index (χ2v) is 3.63. The van der Waals surface area contributed by atoms with Gasteiger partial charge in [0.15, 0.2) is 0 Å². The van der Waals surface area contributed by atoms with Gasteiger partial charge in [-0.25, -0.2) is 0 Å². The van der Waals surface area contributed by atoms with Crippen molar-refractivity contribution in [2.45, 2.75) is 30.9 Å². The highest BCUT2D eigenvalue weighted by Gasteiger charge is 2.34. The maximum absolute atomic E-state index is 11.0. The minimum atomic E-state index is -1.33. The highest BCUT2D eigenvalue weighted by Crippen LogP contribution is 2.24. The third-order valence-corrected chi connectivity index (χ3v) is 2.45. The van der Waals surface area contributed by atoms with Crippen LogP contribution in [0, 0.1) is 0 Å². The minimum Gasteiger partial charge on any atom is -0.480 e. The van der Waals surface area contributed by atoms with E-state index >= 15 is 0 Å². The van der Waals surface area contributed by atoms with Crippen LogP contribution in [0.1, 0.15) is 26.2 Å². The summed E-state index contributed by atoms with van der Waals surface area (Å²) >= 11 is 3.91. The Morgan fingerprint density at radius 2 is 2.08 bits per heavy atom. The largest absolute Gasteiger partial charge is 0.480 e. The maximum Gasteiger partial charge on any atom is 0.319 e. The Balaban J connectivity index is 4.35. The van der Waals surface area contributed by atoms with Crippen molar-refractivity contribution in [2.75, 3.05) is 0 Å². The normalized spacial score (nSPS) is 14.6. The number of thiol groups is 1. The highest BCUT2D eigenvalue weighted by molar-refractivity contribution is 7.82. The summed E-state index contributed by atoms with van der Waals surface area (Å²) in [5.41, 5.74) is 0. The molecule has 0 spiro atoms. The number of carbonyl (C=O) groups is 3. The van der Waals surface area contributed by atoms with Gasteiger partial charge in [0.25, 0.3) is 0 Å². The average molecular weight is 204 g/mol. The van der Waals surface area contributed by atoms with Crippen molar-refractivity contribution in [3.63, 3.8) is 0 Å². The number of carboxylic acid groups (broad SMARTS) is 1. The number of hydrogen-bond donors (Lipinski definition) is 2. The smallest absolute Gasteiger partial charge is 0.319 e. The molecule has 0 aliphatic heterocycles. The number of carboxylic acids is 1. The van der Waals surface area contributed by atoms with E-state index in [-0.39, 0.29) is 19.3 Å². The first-order valence-electron chi connectivity index (χ1n) is 3.87. The Morgan fingerprint density at radius 3 is 2.38 bits per heavy atom. The summed E-state index contributed by atoms with van der Waals surface area (Å²) < 4.78 is -1.33. The number of ketones is 1. The molecule has 0 saturated heterocycles. The number of hydrogen-bond acceptors (Lipinski definition) is 4. The molecule has 13 heavy (non-hydrogen) atoms. The molecule has 0 rings (SSSR count). The van der Waals surface area contributed by atoms with Gasteiger partial charge in [0.05, 0.1) is 6.42 Å². The first-order valence-corrected chi connectivity index (χ1v) is 4.32. The van der Waals surface area contributed by atoms with Crippen molar-refractivity contribution in [1.82, 2.24) is 0 Å². The molecule has 0 aromatic rings. The molecule has 74 valence electrons. The van der Waals surface area contributed by atoms with Crippen molar-refractivity contribution in [2.24, 2.45) is 0 Å². The van der Waals surface area contributed by atoms with E-state index in [1.807, 2.05) is 0 Å². The summed E-state index contributed by atoms with van der Waals surface area (Å²) in [5, 5.41) is 8.73.